The minimum Gasteiger partial charge on any atom is -0.481 e. The SMILES string of the molecule is COC(=O)CSCC(C(=O)O)c1ccccc1. The van der Waals surface area contributed by atoms with Gasteiger partial charge in [-0.15, -0.1) is 11.8 Å². The summed E-state index contributed by atoms with van der Waals surface area (Å²) in [6.07, 6.45) is 0. The molecule has 1 aromatic rings. The highest BCUT2D eigenvalue weighted by atomic mass is 32.2. The molecule has 1 rings (SSSR count). The molecular weight excluding hydrogens is 240 g/mol. The van der Waals surface area contributed by atoms with Gasteiger partial charge in [-0.05, 0) is 5.56 Å². The standard InChI is InChI=1S/C12H14O4S/c1-16-11(13)8-17-7-10(12(14)15)9-5-3-2-4-6-9/h2-6,10H,7-8H2,1H3,(H,14,15). The summed E-state index contributed by atoms with van der Waals surface area (Å²) in [7, 11) is 1.31. The van der Waals surface area contributed by atoms with Crippen LogP contribution in [0.15, 0.2) is 30.3 Å². The Morgan fingerprint density at radius 3 is 2.53 bits per heavy atom. The molecule has 1 atom stereocenters. The molecule has 0 spiro atoms. The molecule has 17 heavy (non-hydrogen) atoms. The van der Waals surface area contributed by atoms with Gasteiger partial charge in [-0.1, -0.05) is 30.3 Å². The zero-order valence-electron chi connectivity index (χ0n) is 9.46. The minimum atomic E-state index is -0.881. The van der Waals surface area contributed by atoms with Gasteiger partial charge in [0, 0.05) is 5.75 Å². The van der Waals surface area contributed by atoms with Crippen molar-refractivity contribution in [2.75, 3.05) is 18.6 Å². The van der Waals surface area contributed by atoms with Crippen molar-refractivity contribution in [3.8, 4) is 0 Å². The molecule has 0 fully saturated rings. The van der Waals surface area contributed by atoms with Crippen LogP contribution in [0.25, 0.3) is 0 Å². The Labute approximate surface area is 104 Å². The van der Waals surface area contributed by atoms with E-state index in [9.17, 15) is 9.59 Å². The molecule has 0 saturated carbocycles. The molecule has 1 N–H and O–H groups in total. The molecule has 0 aliphatic rings. The topological polar surface area (TPSA) is 63.6 Å². The second-order valence-electron chi connectivity index (χ2n) is 3.39. The molecule has 5 heteroatoms. The van der Waals surface area contributed by atoms with Crippen molar-refractivity contribution in [2.45, 2.75) is 5.92 Å². The Balaban J connectivity index is 2.56. The van der Waals surface area contributed by atoms with Gasteiger partial charge >= 0.3 is 11.9 Å². The van der Waals surface area contributed by atoms with Crippen LogP contribution in [0, 0.1) is 0 Å². The Morgan fingerprint density at radius 1 is 1.35 bits per heavy atom. The molecular formula is C12H14O4S. The number of benzene rings is 1. The van der Waals surface area contributed by atoms with Gasteiger partial charge in [0.15, 0.2) is 0 Å². The Morgan fingerprint density at radius 2 is 2.00 bits per heavy atom. The van der Waals surface area contributed by atoms with Crippen LogP contribution in [0.1, 0.15) is 11.5 Å². The average Bonchev–Trinajstić information content (AvgIpc) is 2.34. The van der Waals surface area contributed by atoms with E-state index in [4.69, 9.17) is 5.11 Å². The largest absolute Gasteiger partial charge is 0.481 e. The Kier molecular flexibility index (Phi) is 5.56. The van der Waals surface area contributed by atoms with Crippen molar-refractivity contribution >= 4 is 23.7 Å². The molecule has 0 aliphatic carbocycles. The highest BCUT2D eigenvalue weighted by Crippen LogP contribution is 2.21. The van der Waals surface area contributed by atoms with Gasteiger partial charge in [-0.2, -0.15) is 0 Å². The molecule has 4 nitrogen and oxygen atoms in total. The van der Waals surface area contributed by atoms with Crippen LogP contribution in [0.3, 0.4) is 0 Å². The quantitative estimate of drug-likeness (QED) is 0.784. The molecule has 0 radical (unpaired) electrons. The number of esters is 1. The van der Waals surface area contributed by atoms with Gasteiger partial charge < -0.3 is 9.84 Å². The van der Waals surface area contributed by atoms with Gasteiger partial charge in [0.1, 0.15) is 0 Å². The van der Waals surface area contributed by atoms with E-state index in [1.54, 1.807) is 24.3 Å². The fraction of sp³-hybridized carbons (Fsp3) is 0.333. The highest BCUT2D eigenvalue weighted by molar-refractivity contribution is 8.00. The zero-order chi connectivity index (χ0) is 12.7. The maximum Gasteiger partial charge on any atom is 0.315 e. The lowest BCUT2D eigenvalue weighted by atomic mass is 10.0. The summed E-state index contributed by atoms with van der Waals surface area (Å²) in [5.41, 5.74) is 0.748. The summed E-state index contributed by atoms with van der Waals surface area (Å²) in [4.78, 5) is 22.0. The van der Waals surface area contributed by atoms with Crippen molar-refractivity contribution in [1.29, 1.82) is 0 Å². The first-order valence-electron chi connectivity index (χ1n) is 5.07. The molecule has 0 bridgehead atoms. The molecule has 0 aromatic heterocycles. The first kappa shape index (κ1) is 13.6. The third kappa shape index (κ3) is 4.48. The number of hydrogen-bond acceptors (Lipinski definition) is 4. The summed E-state index contributed by atoms with van der Waals surface area (Å²) >= 11 is 1.26. The predicted octanol–water partition coefficient (Wildman–Crippen LogP) is 1.76. The zero-order valence-corrected chi connectivity index (χ0v) is 10.3. The first-order chi connectivity index (χ1) is 8.15. The molecule has 0 heterocycles. The van der Waals surface area contributed by atoms with E-state index in [1.165, 1.54) is 18.9 Å². The maximum absolute atomic E-state index is 11.1. The lowest BCUT2D eigenvalue weighted by molar-refractivity contribution is -0.139. The summed E-state index contributed by atoms with van der Waals surface area (Å²) in [6, 6.07) is 8.99. The van der Waals surface area contributed by atoms with E-state index in [-0.39, 0.29) is 11.7 Å². The molecule has 1 aromatic carbocycles. The third-order valence-electron chi connectivity index (χ3n) is 2.23. The van der Waals surface area contributed by atoms with E-state index in [0.717, 1.165) is 5.56 Å². The number of carbonyl (C=O) groups is 2. The van der Waals surface area contributed by atoms with Gasteiger partial charge in [0.05, 0.1) is 18.8 Å². The van der Waals surface area contributed by atoms with Crippen LogP contribution < -0.4 is 0 Å². The van der Waals surface area contributed by atoms with Crippen molar-refractivity contribution in [2.24, 2.45) is 0 Å². The molecule has 0 saturated heterocycles. The number of carboxylic acids is 1. The smallest absolute Gasteiger partial charge is 0.315 e. The van der Waals surface area contributed by atoms with Gasteiger partial charge in [-0.25, -0.2) is 0 Å². The van der Waals surface area contributed by atoms with E-state index < -0.39 is 11.9 Å². The lowest BCUT2D eigenvalue weighted by Crippen LogP contribution is -2.15. The van der Waals surface area contributed by atoms with Crippen LogP contribution in [0.2, 0.25) is 0 Å². The summed E-state index contributed by atoms with van der Waals surface area (Å²) in [5, 5.41) is 9.12. The predicted molar refractivity (Wildman–Crippen MR) is 66.2 cm³/mol. The number of ether oxygens (including phenoxy) is 1. The maximum atomic E-state index is 11.1. The van der Waals surface area contributed by atoms with Crippen LogP contribution >= 0.6 is 11.8 Å². The van der Waals surface area contributed by atoms with E-state index in [2.05, 4.69) is 4.74 Å². The number of rotatable bonds is 6. The fourth-order valence-electron chi connectivity index (χ4n) is 1.31. The van der Waals surface area contributed by atoms with E-state index in [0.29, 0.717) is 5.75 Å². The second kappa shape index (κ2) is 6.96. The van der Waals surface area contributed by atoms with Gasteiger partial charge in [0.25, 0.3) is 0 Å². The third-order valence-corrected chi connectivity index (χ3v) is 3.24. The minimum absolute atomic E-state index is 0.174. The Bertz CT molecular complexity index is 377. The van der Waals surface area contributed by atoms with Crippen LogP contribution in [-0.2, 0) is 14.3 Å². The first-order valence-corrected chi connectivity index (χ1v) is 6.23. The monoisotopic (exact) mass is 254 g/mol. The van der Waals surface area contributed by atoms with Crippen molar-refractivity contribution < 1.29 is 19.4 Å². The Hall–Kier alpha value is -1.49. The van der Waals surface area contributed by atoms with Gasteiger partial charge in [-0.3, -0.25) is 9.59 Å². The molecule has 92 valence electrons. The van der Waals surface area contributed by atoms with Crippen LogP contribution in [0.4, 0.5) is 0 Å². The molecule has 0 amide bonds. The summed E-state index contributed by atoms with van der Waals surface area (Å²) < 4.78 is 4.49. The fourth-order valence-corrected chi connectivity index (χ4v) is 2.29. The number of methoxy groups -OCH3 is 1. The van der Waals surface area contributed by atoms with Crippen molar-refractivity contribution in [3.63, 3.8) is 0 Å². The highest BCUT2D eigenvalue weighted by Gasteiger charge is 2.19. The van der Waals surface area contributed by atoms with Crippen molar-refractivity contribution in [3.05, 3.63) is 35.9 Å². The molecule has 0 aliphatic heterocycles. The van der Waals surface area contributed by atoms with E-state index in [1.807, 2.05) is 6.07 Å². The normalized spacial score (nSPS) is 11.8. The van der Waals surface area contributed by atoms with Crippen LogP contribution in [0.5, 0.6) is 0 Å². The number of carboxylic acid groups (broad SMARTS) is 1. The average molecular weight is 254 g/mol. The number of carbonyl (C=O) groups excluding carboxylic acids is 1. The lowest BCUT2D eigenvalue weighted by Gasteiger charge is -2.11. The van der Waals surface area contributed by atoms with E-state index >= 15 is 0 Å². The summed E-state index contributed by atoms with van der Waals surface area (Å²) in [6.45, 7) is 0. The van der Waals surface area contributed by atoms with Gasteiger partial charge in [0.2, 0.25) is 0 Å². The summed E-state index contributed by atoms with van der Waals surface area (Å²) in [5.74, 6) is -1.28. The molecule has 1 unspecified atom stereocenters. The second-order valence-corrected chi connectivity index (χ2v) is 4.42. The number of thioether (sulfide) groups is 1. The number of hydrogen-bond donors (Lipinski definition) is 1. The van der Waals surface area contributed by atoms with Crippen molar-refractivity contribution in [1.82, 2.24) is 0 Å². The van der Waals surface area contributed by atoms with Crippen LogP contribution in [-0.4, -0.2) is 35.7 Å². The number of aliphatic carboxylic acids is 1.